The van der Waals surface area contributed by atoms with Crippen LogP contribution < -0.4 is 10.6 Å². The van der Waals surface area contributed by atoms with Crippen molar-refractivity contribution in [3.63, 3.8) is 0 Å². The average Bonchev–Trinajstić information content (AvgIpc) is 3.18. The summed E-state index contributed by atoms with van der Waals surface area (Å²) >= 11 is 5.86. The summed E-state index contributed by atoms with van der Waals surface area (Å²) in [4.78, 5) is 27.9. The summed E-state index contributed by atoms with van der Waals surface area (Å²) in [5, 5.41) is 5.84. The number of carbonyl (C=O) groups excluding carboxylic acids is 2. The number of carbonyl (C=O) groups is 2. The number of rotatable bonds is 7. The van der Waals surface area contributed by atoms with E-state index in [-0.39, 0.29) is 18.4 Å². The lowest BCUT2D eigenvalue weighted by Gasteiger charge is -2.08. The first kappa shape index (κ1) is 18.7. The summed E-state index contributed by atoms with van der Waals surface area (Å²) < 4.78 is 1.99. The first-order valence-electron chi connectivity index (χ1n) is 8.44. The molecule has 27 heavy (non-hydrogen) atoms. The van der Waals surface area contributed by atoms with Gasteiger partial charge in [0.25, 0.3) is 5.91 Å². The Kier molecular flexibility index (Phi) is 6.22. The van der Waals surface area contributed by atoms with E-state index in [1.54, 1.807) is 36.8 Å². The minimum atomic E-state index is -0.337. The molecule has 1 aromatic heterocycles. The summed E-state index contributed by atoms with van der Waals surface area (Å²) in [6.45, 7) is 1.06. The number of nitrogens with zero attached hydrogens (tertiary/aromatic N) is 2. The van der Waals surface area contributed by atoms with Crippen LogP contribution in [0.1, 0.15) is 21.5 Å². The van der Waals surface area contributed by atoms with E-state index in [4.69, 9.17) is 11.6 Å². The third-order valence-corrected chi connectivity index (χ3v) is 4.17. The monoisotopic (exact) mass is 382 g/mol. The number of halogens is 1. The summed E-state index contributed by atoms with van der Waals surface area (Å²) in [7, 11) is 0. The van der Waals surface area contributed by atoms with E-state index in [0.29, 0.717) is 17.1 Å². The Hall–Kier alpha value is -3.12. The smallest absolute Gasteiger partial charge is 0.251 e. The molecule has 1 heterocycles. The molecule has 0 aliphatic rings. The second-order valence-corrected chi connectivity index (χ2v) is 6.46. The standard InChI is InChI=1S/C20H19ClN4O2/c21-18-3-1-2-17(10-18)20(27)24-12-19(26)23-11-15-4-6-16(7-5-15)13-25-9-8-22-14-25/h1-10,14H,11-13H2,(H,23,26)(H,24,27). The van der Waals surface area contributed by atoms with Gasteiger partial charge >= 0.3 is 0 Å². The second-order valence-electron chi connectivity index (χ2n) is 6.02. The van der Waals surface area contributed by atoms with Gasteiger partial charge in [0.1, 0.15) is 0 Å². The van der Waals surface area contributed by atoms with Crippen molar-refractivity contribution in [1.82, 2.24) is 20.2 Å². The Bertz CT molecular complexity index is 908. The predicted molar refractivity (Wildman–Crippen MR) is 103 cm³/mol. The van der Waals surface area contributed by atoms with Gasteiger partial charge in [-0.15, -0.1) is 0 Å². The molecule has 3 rings (SSSR count). The SMILES string of the molecule is O=C(CNC(=O)c1cccc(Cl)c1)NCc1ccc(Cn2ccnc2)cc1. The first-order valence-corrected chi connectivity index (χ1v) is 8.82. The van der Waals surface area contributed by atoms with Gasteiger partial charge in [0.05, 0.1) is 12.9 Å². The molecule has 7 heteroatoms. The van der Waals surface area contributed by atoms with Crippen LogP contribution in [-0.4, -0.2) is 27.9 Å². The van der Waals surface area contributed by atoms with Gasteiger partial charge in [0.15, 0.2) is 0 Å². The molecule has 0 atom stereocenters. The van der Waals surface area contributed by atoms with Crippen LogP contribution in [0, 0.1) is 0 Å². The lowest BCUT2D eigenvalue weighted by atomic mass is 10.1. The molecule has 0 radical (unpaired) electrons. The summed E-state index contributed by atoms with van der Waals surface area (Å²) in [6, 6.07) is 14.5. The Morgan fingerprint density at radius 2 is 1.81 bits per heavy atom. The number of hydrogen-bond donors (Lipinski definition) is 2. The molecular weight excluding hydrogens is 364 g/mol. The van der Waals surface area contributed by atoms with Gasteiger partial charge in [-0.3, -0.25) is 9.59 Å². The van der Waals surface area contributed by atoms with Gasteiger partial charge in [-0.2, -0.15) is 0 Å². The van der Waals surface area contributed by atoms with Crippen molar-refractivity contribution in [2.45, 2.75) is 13.1 Å². The third kappa shape index (κ3) is 5.69. The lowest BCUT2D eigenvalue weighted by Crippen LogP contribution is -2.36. The van der Waals surface area contributed by atoms with Crippen LogP contribution in [0.3, 0.4) is 0 Å². The lowest BCUT2D eigenvalue weighted by molar-refractivity contribution is -0.120. The summed E-state index contributed by atoms with van der Waals surface area (Å²) in [5.41, 5.74) is 2.56. The summed E-state index contributed by atoms with van der Waals surface area (Å²) in [5.74, 6) is -0.593. The van der Waals surface area contributed by atoms with E-state index >= 15 is 0 Å². The molecule has 138 valence electrons. The van der Waals surface area contributed by atoms with Gasteiger partial charge in [0.2, 0.25) is 5.91 Å². The van der Waals surface area contributed by atoms with E-state index in [2.05, 4.69) is 15.6 Å². The van der Waals surface area contributed by atoms with Crippen LogP contribution in [0.2, 0.25) is 5.02 Å². The minimum absolute atomic E-state index is 0.0932. The van der Waals surface area contributed by atoms with Crippen molar-refractivity contribution in [2.24, 2.45) is 0 Å². The fourth-order valence-electron chi connectivity index (χ4n) is 2.51. The molecule has 0 aliphatic heterocycles. The van der Waals surface area contributed by atoms with Gasteiger partial charge in [-0.25, -0.2) is 4.98 Å². The Balaban J connectivity index is 1.43. The third-order valence-electron chi connectivity index (χ3n) is 3.93. The van der Waals surface area contributed by atoms with Crippen molar-refractivity contribution in [3.05, 3.63) is 89.0 Å². The van der Waals surface area contributed by atoms with E-state index in [0.717, 1.165) is 17.7 Å². The molecule has 0 saturated carbocycles. The zero-order valence-electron chi connectivity index (χ0n) is 14.6. The van der Waals surface area contributed by atoms with Crippen LogP contribution in [-0.2, 0) is 17.9 Å². The van der Waals surface area contributed by atoms with Crippen LogP contribution in [0.5, 0.6) is 0 Å². The van der Waals surface area contributed by atoms with Crippen molar-refractivity contribution >= 4 is 23.4 Å². The number of nitrogens with one attached hydrogen (secondary N) is 2. The minimum Gasteiger partial charge on any atom is -0.350 e. The van der Waals surface area contributed by atoms with Crippen LogP contribution >= 0.6 is 11.6 Å². The highest BCUT2D eigenvalue weighted by Gasteiger charge is 2.08. The molecule has 3 aromatic rings. The highest BCUT2D eigenvalue weighted by molar-refractivity contribution is 6.30. The number of amides is 2. The molecule has 0 bridgehead atoms. The van der Waals surface area contributed by atoms with Gasteiger partial charge < -0.3 is 15.2 Å². The van der Waals surface area contributed by atoms with Crippen molar-refractivity contribution in [3.8, 4) is 0 Å². The average molecular weight is 383 g/mol. The van der Waals surface area contributed by atoms with Crippen molar-refractivity contribution in [1.29, 1.82) is 0 Å². The molecule has 2 aromatic carbocycles. The Morgan fingerprint density at radius 1 is 1.04 bits per heavy atom. The zero-order chi connectivity index (χ0) is 19.1. The number of hydrogen-bond acceptors (Lipinski definition) is 3. The maximum absolute atomic E-state index is 12.0. The molecule has 2 N–H and O–H groups in total. The molecule has 0 fully saturated rings. The molecule has 0 saturated heterocycles. The van der Waals surface area contributed by atoms with Gasteiger partial charge in [-0.05, 0) is 29.3 Å². The fourth-order valence-corrected chi connectivity index (χ4v) is 2.70. The van der Waals surface area contributed by atoms with Crippen LogP contribution in [0.25, 0.3) is 0 Å². The maximum atomic E-state index is 12.0. The maximum Gasteiger partial charge on any atom is 0.251 e. The molecule has 0 unspecified atom stereocenters. The quantitative estimate of drug-likeness (QED) is 0.659. The van der Waals surface area contributed by atoms with E-state index in [1.165, 1.54) is 0 Å². The summed E-state index contributed by atoms with van der Waals surface area (Å²) in [6.07, 6.45) is 5.42. The fraction of sp³-hybridized carbons (Fsp3) is 0.150. The van der Waals surface area contributed by atoms with Crippen molar-refractivity contribution < 1.29 is 9.59 Å². The number of aromatic nitrogens is 2. The Morgan fingerprint density at radius 3 is 2.52 bits per heavy atom. The van der Waals surface area contributed by atoms with Gasteiger partial charge in [0, 0.05) is 36.1 Å². The Labute approximate surface area is 162 Å². The van der Waals surface area contributed by atoms with E-state index in [9.17, 15) is 9.59 Å². The molecule has 0 aliphatic carbocycles. The second kappa shape index (κ2) is 9.00. The predicted octanol–water partition coefficient (Wildman–Crippen LogP) is 2.63. The number of imidazole rings is 1. The van der Waals surface area contributed by atoms with Crippen molar-refractivity contribution in [2.75, 3.05) is 6.54 Å². The molecule has 0 spiro atoms. The number of benzene rings is 2. The molecule has 6 nitrogen and oxygen atoms in total. The van der Waals surface area contributed by atoms with Gasteiger partial charge in [-0.1, -0.05) is 41.9 Å². The van der Waals surface area contributed by atoms with E-state index in [1.807, 2.05) is 35.0 Å². The van der Waals surface area contributed by atoms with Crippen LogP contribution in [0.15, 0.2) is 67.3 Å². The highest BCUT2D eigenvalue weighted by atomic mass is 35.5. The molecular formula is C20H19ClN4O2. The van der Waals surface area contributed by atoms with E-state index < -0.39 is 0 Å². The largest absolute Gasteiger partial charge is 0.350 e. The normalized spacial score (nSPS) is 10.4. The van der Waals surface area contributed by atoms with Crippen LogP contribution in [0.4, 0.5) is 0 Å². The highest BCUT2D eigenvalue weighted by Crippen LogP contribution is 2.10. The first-order chi connectivity index (χ1) is 13.1. The topological polar surface area (TPSA) is 76.0 Å². The zero-order valence-corrected chi connectivity index (χ0v) is 15.3. The molecule has 2 amide bonds.